The van der Waals surface area contributed by atoms with Crippen LogP contribution in [0.1, 0.15) is 11.3 Å². The minimum absolute atomic E-state index is 0.154. The standard InChI is InChI=1S/C24H24N4O7/c1-32-18-9-10-20(21(12-18)33-2)27-23(30)24(31)28-26-13-16-5-7-17(8-6-16)35-15-22(29)25-14-19-4-3-11-34-19/h3-13H,14-15H2,1-2H3,(H,25,29)(H,27,30)(H,28,31)/b26-13-. The van der Waals surface area contributed by atoms with Crippen molar-refractivity contribution in [3.63, 3.8) is 0 Å². The molecule has 0 bridgehead atoms. The molecule has 0 fully saturated rings. The molecule has 3 amide bonds. The van der Waals surface area contributed by atoms with Crippen molar-refractivity contribution in [1.29, 1.82) is 0 Å². The summed E-state index contributed by atoms with van der Waals surface area (Å²) in [6, 6.07) is 14.9. The highest BCUT2D eigenvalue weighted by Gasteiger charge is 2.15. The number of carbonyl (C=O) groups is 3. The molecule has 3 rings (SSSR count). The highest BCUT2D eigenvalue weighted by atomic mass is 16.5. The average molecular weight is 480 g/mol. The number of methoxy groups -OCH3 is 2. The molecule has 35 heavy (non-hydrogen) atoms. The number of hydrogen-bond acceptors (Lipinski definition) is 8. The third kappa shape index (κ3) is 7.63. The van der Waals surface area contributed by atoms with E-state index in [1.807, 2.05) is 0 Å². The maximum Gasteiger partial charge on any atom is 0.329 e. The first-order chi connectivity index (χ1) is 17.0. The van der Waals surface area contributed by atoms with E-state index in [0.717, 1.165) is 0 Å². The molecule has 0 spiro atoms. The quantitative estimate of drug-likeness (QED) is 0.229. The molecule has 0 aliphatic carbocycles. The van der Waals surface area contributed by atoms with E-state index in [0.29, 0.717) is 34.3 Å². The van der Waals surface area contributed by atoms with Crippen LogP contribution in [0, 0.1) is 0 Å². The summed E-state index contributed by atoms with van der Waals surface area (Å²) in [6.45, 7) is 0.125. The predicted molar refractivity (Wildman–Crippen MR) is 126 cm³/mol. The Labute approximate surface area is 201 Å². The molecule has 182 valence electrons. The van der Waals surface area contributed by atoms with Crippen molar-refractivity contribution in [1.82, 2.24) is 10.7 Å². The van der Waals surface area contributed by atoms with Crippen LogP contribution < -0.4 is 30.3 Å². The summed E-state index contributed by atoms with van der Waals surface area (Å²) in [4.78, 5) is 36.0. The van der Waals surface area contributed by atoms with Crippen LogP contribution >= 0.6 is 0 Å². The van der Waals surface area contributed by atoms with Crippen LogP contribution in [0.25, 0.3) is 0 Å². The van der Waals surface area contributed by atoms with Crippen LogP contribution in [-0.2, 0) is 20.9 Å². The molecule has 0 aliphatic rings. The summed E-state index contributed by atoms with van der Waals surface area (Å²) in [7, 11) is 2.94. The third-order valence-corrected chi connectivity index (χ3v) is 4.53. The number of nitrogens with zero attached hydrogens (tertiary/aromatic N) is 1. The van der Waals surface area contributed by atoms with Gasteiger partial charge in [-0.25, -0.2) is 5.43 Å². The number of benzene rings is 2. The highest BCUT2D eigenvalue weighted by Crippen LogP contribution is 2.28. The van der Waals surface area contributed by atoms with Crippen LogP contribution in [0.4, 0.5) is 5.69 Å². The molecule has 0 saturated carbocycles. The molecular weight excluding hydrogens is 456 g/mol. The Morgan fingerprint density at radius 3 is 2.43 bits per heavy atom. The number of hydrogen-bond donors (Lipinski definition) is 3. The summed E-state index contributed by atoms with van der Waals surface area (Å²) in [5.74, 6) is -0.163. The Morgan fingerprint density at radius 1 is 0.971 bits per heavy atom. The van der Waals surface area contributed by atoms with Crippen molar-refractivity contribution in [3.8, 4) is 17.2 Å². The molecular formula is C24H24N4O7. The van der Waals surface area contributed by atoms with Gasteiger partial charge in [0.05, 0.1) is 38.9 Å². The molecule has 1 heterocycles. The zero-order valence-corrected chi connectivity index (χ0v) is 19.1. The molecule has 0 radical (unpaired) electrons. The van der Waals surface area contributed by atoms with Gasteiger partial charge in [0.2, 0.25) is 0 Å². The van der Waals surface area contributed by atoms with E-state index in [-0.39, 0.29) is 19.1 Å². The first-order valence-corrected chi connectivity index (χ1v) is 10.4. The number of rotatable bonds is 10. The molecule has 0 saturated heterocycles. The first-order valence-electron chi connectivity index (χ1n) is 10.4. The summed E-state index contributed by atoms with van der Waals surface area (Å²) in [5.41, 5.74) is 3.10. The average Bonchev–Trinajstić information content (AvgIpc) is 3.41. The van der Waals surface area contributed by atoms with Gasteiger partial charge in [-0.15, -0.1) is 0 Å². The van der Waals surface area contributed by atoms with Gasteiger partial charge in [0, 0.05) is 6.07 Å². The fourth-order valence-corrected chi connectivity index (χ4v) is 2.75. The normalized spacial score (nSPS) is 10.5. The van der Waals surface area contributed by atoms with Crippen LogP contribution in [0.2, 0.25) is 0 Å². The largest absolute Gasteiger partial charge is 0.497 e. The van der Waals surface area contributed by atoms with E-state index in [2.05, 4.69) is 21.2 Å². The van der Waals surface area contributed by atoms with E-state index in [4.69, 9.17) is 18.6 Å². The van der Waals surface area contributed by atoms with Gasteiger partial charge >= 0.3 is 11.8 Å². The van der Waals surface area contributed by atoms with Gasteiger partial charge in [-0.2, -0.15) is 5.10 Å². The molecule has 0 unspecified atom stereocenters. The minimum atomic E-state index is -0.959. The summed E-state index contributed by atoms with van der Waals surface area (Å²) >= 11 is 0. The van der Waals surface area contributed by atoms with Gasteiger partial charge in [-0.3, -0.25) is 14.4 Å². The second-order valence-corrected chi connectivity index (χ2v) is 6.93. The zero-order valence-electron chi connectivity index (χ0n) is 19.1. The van der Waals surface area contributed by atoms with E-state index in [9.17, 15) is 14.4 Å². The molecule has 2 aromatic carbocycles. The van der Waals surface area contributed by atoms with E-state index in [1.165, 1.54) is 26.7 Å². The van der Waals surface area contributed by atoms with Gasteiger partial charge < -0.3 is 29.3 Å². The first kappa shape index (κ1) is 24.8. The van der Waals surface area contributed by atoms with Crippen molar-refractivity contribution in [2.24, 2.45) is 5.10 Å². The van der Waals surface area contributed by atoms with Crippen LogP contribution in [0.15, 0.2) is 70.4 Å². The Morgan fingerprint density at radius 2 is 1.74 bits per heavy atom. The van der Waals surface area contributed by atoms with Gasteiger partial charge in [0.25, 0.3) is 5.91 Å². The van der Waals surface area contributed by atoms with E-state index in [1.54, 1.807) is 54.6 Å². The topological polar surface area (TPSA) is 140 Å². The summed E-state index contributed by atoms with van der Waals surface area (Å²) in [6.07, 6.45) is 2.89. The van der Waals surface area contributed by atoms with E-state index < -0.39 is 11.8 Å². The molecule has 0 atom stereocenters. The smallest absolute Gasteiger partial charge is 0.329 e. The van der Waals surface area contributed by atoms with E-state index >= 15 is 0 Å². The molecule has 0 aliphatic heterocycles. The van der Waals surface area contributed by atoms with Gasteiger partial charge in [-0.1, -0.05) is 0 Å². The lowest BCUT2D eigenvalue weighted by molar-refractivity contribution is -0.136. The number of furan rings is 1. The van der Waals surface area contributed by atoms with Crippen molar-refractivity contribution < 1.29 is 33.0 Å². The van der Waals surface area contributed by atoms with Gasteiger partial charge in [0.15, 0.2) is 6.61 Å². The lowest BCUT2D eigenvalue weighted by Crippen LogP contribution is -2.32. The van der Waals surface area contributed by atoms with Crippen LogP contribution in [0.3, 0.4) is 0 Å². The number of anilines is 1. The Kier molecular flexibility index (Phi) is 8.83. The SMILES string of the molecule is COc1ccc(NC(=O)C(=O)N/N=C\c2ccc(OCC(=O)NCc3ccco3)cc2)c(OC)c1. The van der Waals surface area contributed by atoms with Crippen LogP contribution in [-0.4, -0.2) is 44.8 Å². The second kappa shape index (κ2) is 12.4. The summed E-state index contributed by atoms with van der Waals surface area (Å²) in [5, 5.41) is 8.90. The van der Waals surface area contributed by atoms with Gasteiger partial charge in [0.1, 0.15) is 23.0 Å². The monoisotopic (exact) mass is 480 g/mol. The minimum Gasteiger partial charge on any atom is -0.497 e. The lowest BCUT2D eigenvalue weighted by Gasteiger charge is -2.10. The maximum atomic E-state index is 12.1. The van der Waals surface area contributed by atoms with Crippen molar-refractivity contribution in [3.05, 3.63) is 72.2 Å². The Hall–Kier alpha value is -4.80. The fourth-order valence-electron chi connectivity index (χ4n) is 2.75. The van der Waals surface area contributed by atoms with Crippen molar-refractivity contribution in [2.45, 2.75) is 6.54 Å². The molecule has 3 N–H and O–H groups in total. The fraction of sp³-hybridized carbons (Fsp3) is 0.167. The third-order valence-electron chi connectivity index (χ3n) is 4.53. The zero-order chi connectivity index (χ0) is 25.0. The molecule has 1 aromatic heterocycles. The number of ether oxygens (including phenoxy) is 3. The molecule has 3 aromatic rings. The molecule has 11 nitrogen and oxygen atoms in total. The van der Waals surface area contributed by atoms with Crippen LogP contribution in [0.5, 0.6) is 17.2 Å². The number of amides is 3. The Balaban J connectivity index is 1.43. The highest BCUT2D eigenvalue weighted by molar-refractivity contribution is 6.39. The Bertz CT molecular complexity index is 1180. The second-order valence-electron chi connectivity index (χ2n) is 6.93. The number of nitrogens with one attached hydrogen (secondary N) is 3. The molecule has 11 heteroatoms. The maximum absolute atomic E-state index is 12.1. The van der Waals surface area contributed by atoms with Crippen molar-refractivity contribution >= 4 is 29.6 Å². The van der Waals surface area contributed by atoms with Gasteiger partial charge in [-0.05, 0) is 54.1 Å². The number of hydrazone groups is 1. The number of carbonyl (C=O) groups excluding carboxylic acids is 3. The predicted octanol–water partition coefficient (Wildman–Crippen LogP) is 2.08. The lowest BCUT2D eigenvalue weighted by atomic mass is 10.2. The summed E-state index contributed by atoms with van der Waals surface area (Å²) < 4.78 is 20.8. The van der Waals surface area contributed by atoms with Crippen molar-refractivity contribution in [2.75, 3.05) is 26.1 Å².